The number of fused-ring (bicyclic) bond motifs is 1. The predicted octanol–water partition coefficient (Wildman–Crippen LogP) is 2.24. The lowest BCUT2D eigenvalue weighted by molar-refractivity contribution is 0.102. The van der Waals surface area contributed by atoms with E-state index in [1.807, 2.05) is 24.3 Å². The van der Waals surface area contributed by atoms with E-state index < -0.39 is 11.5 Å². The maximum absolute atomic E-state index is 11.9. The van der Waals surface area contributed by atoms with Crippen molar-refractivity contribution >= 4 is 32.6 Å². The molecular weight excluding hydrogens is 262 g/mol. The molecule has 0 bridgehead atoms. The van der Waals surface area contributed by atoms with Gasteiger partial charge in [0.05, 0.1) is 10.2 Å². The minimum atomic E-state index is -0.457. The van der Waals surface area contributed by atoms with Crippen molar-refractivity contribution in [2.45, 2.75) is 0 Å². The molecule has 6 heteroatoms. The van der Waals surface area contributed by atoms with Crippen molar-refractivity contribution in [2.24, 2.45) is 0 Å². The van der Waals surface area contributed by atoms with Gasteiger partial charge in [-0.3, -0.25) is 14.9 Å². The molecule has 3 rings (SSSR count). The fourth-order valence-corrected chi connectivity index (χ4v) is 2.55. The molecule has 0 fully saturated rings. The Bertz CT molecular complexity index is 774. The number of amides is 1. The van der Waals surface area contributed by atoms with Crippen LogP contribution >= 0.6 is 11.3 Å². The van der Waals surface area contributed by atoms with Gasteiger partial charge in [0.2, 0.25) is 0 Å². The first kappa shape index (κ1) is 11.6. The first-order chi connectivity index (χ1) is 9.24. The number of aromatic amines is 1. The van der Waals surface area contributed by atoms with E-state index in [2.05, 4.69) is 15.3 Å². The fraction of sp³-hybridized carbons (Fsp3) is 0. The van der Waals surface area contributed by atoms with Gasteiger partial charge in [-0.1, -0.05) is 23.5 Å². The van der Waals surface area contributed by atoms with Crippen LogP contribution in [0.2, 0.25) is 0 Å². The number of carbonyl (C=O) groups excluding carboxylic acids is 1. The number of anilines is 1. The van der Waals surface area contributed by atoms with Crippen molar-refractivity contribution in [2.75, 3.05) is 5.32 Å². The molecule has 5 nitrogen and oxygen atoms in total. The smallest absolute Gasteiger partial charge is 0.263 e. The van der Waals surface area contributed by atoms with Gasteiger partial charge >= 0.3 is 0 Å². The quantitative estimate of drug-likeness (QED) is 0.750. The number of thiazole rings is 1. The number of aromatic nitrogens is 2. The molecule has 2 N–H and O–H groups in total. The Hall–Kier alpha value is -2.47. The summed E-state index contributed by atoms with van der Waals surface area (Å²) in [5, 5.41) is 3.12. The third-order valence-corrected chi connectivity index (χ3v) is 3.53. The Kier molecular flexibility index (Phi) is 2.85. The number of nitrogens with one attached hydrogen (secondary N) is 2. The zero-order valence-electron chi connectivity index (χ0n) is 9.71. The predicted molar refractivity (Wildman–Crippen MR) is 74.6 cm³/mol. The van der Waals surface area contributed by atoms with Crippen molar-refractivity contribution < 1.29 is 4.79 Å². The van der Waals surface area contributed by atoms with Crippen LogP contribution in [0.5, 0.6) is 0 Å². The summed E-state index contributed by atoms with van der Waals surface area (Å²) < 4.78 is 0.986. The van der Waals surface area contributed by atoms with E-state index in [-0.39, 0.29) is 5.56 Å². The molecule has 0 atom stereocenters. The number of pyridine rings is 1. The summed E-state index contributed by atoms with van der Waals surface area (Å²) in [6, 6.07) is 10.7. The average molecular weight is 271 g/mol. The zero-order valence-corrected chi connectivity index (χ0v) is 10.5. The van der Waals surface area contributed by atoms with Gasteiger partial charge in [-0.25, -0.2) is 4.98 Å². The van der Waals surface area contributed by atoms with Crippen molar-refractivity contribution in [1.82, 2.24) is 9.97 Å². The monoisotopic (exact) mass is 271 g/mol. The Morgan fingerprint density at radius 1 is 1.21 bits per heavy atom. The second-order valence-corrected chi connectivity index (χ2v) is 4.88. The zero-order chi connectivity index (χ0) is 13.2. The summed E-state index contributed by atoms with van der Waals surface area (Å²) in [6.45, 7) is 0. The Labute approximate surface area is 111 Å². The fourth-order valence-electron chi connectivity index (χ4n) is 1.69. The minimum Gasteiger partial charge on any atom is -0.328 e. The second-order valence-electron chi connectivity index (χ2n) is 3.85. The molecule has 0 aliphatic heterocycles. The van der Waals surface area contributed by atoms with Gasteiger partial charge in [0.1, 0.15) is 5.56 Å². The number of benzene rings is 1. The summed E-state index contributed by atoms with van der Waals surface area (Å²) in [7, 11) is 0. The lowest BCUT2D eigenvalue weighted by Gasteiger charge is -1.99. The summed E-state index contributed by atoms with van der Waals surface area (Å²) in [6.07, 6.45) is 1.48. The largest absolute Gasteiger partial charge is 0.328 e. The van der Waals surface area contributed by atoms with Gasteiger partial charge in [0.25, 0.3) is 11.5 Å². The van der Waals surface area contributed by atoms with E-state index >= 15 is 0 Å². The summed E-state index contributed by atoms with van der Waals surface area (Å²) >= 11 is 1.37. The molecule has 0 unspecified atom stereocenters. The number of hydrogen-bond donors (Lipinski definition) is 2. The highest BCUT2D eigenvalue weighted by molar-refractivity contribution is 7.22. The van der Waals surface area contributed by atoms with E-state index in [0.29, 0.717) is 5.13 Å². The molecule has 2 heterocycles. The van der Waals surface area contributed by atoms with E-state index in [4.69, 9.17) is 0 Å². The topological polar surface area (TPSA) is 74.8 Å². The molecule has 0 aliphatic carbocycles. The number of para-hydroxylation sites is 1. The maximum Gasteiger partial charge on any atom is 0.263 e. The Balaban J connectivity index is 1.91. The van der Waals surface area contributed by atoms with E-state index in [1.54, 1.807) is 6.07 Å². The van der Waals surface area contributed by atoms with Gasteiger partial charge < -0.3 is 4.98 Å². The highest BCUT2D eigenvalue weighted by Gasteiger charge is 2.12. The number of nitrogens with zero attached hydrogens (tertiary/aromatic N) is 1. The Morgan fingerprint density at radius 3 is 2.84 bits per heavy atom. The van der Waals surface area contributed by atoms with Crippen LogP contribution in [0.3, 0.4) is 0 Å². The van der Waals surface area contributed by atoms with Gasteiger partial charge in [-0.05, 0) is 24.3 Å². The third-order valence-electron chi connectivity index (χ3n) is 2.58. The molecule has 1 aromatic carbocycles. The molecule has 0 spiro atoms. The summed E-state index contributed by atoms with van der Waals surface area (Å²) in [5.41, 5.74) is 0.479. The highest BCUT2D eigenvalue weighted by Crippen LogP contribution is 2.25. The number of H-pyrrole nitrogens is 1. The second kappa shape index (κ2) is 4.66. The SMILES string of the molecule is O=C(Nc1nc2ccccc2s1)c1ccc[nH]c1=O. The standard InChI is InChI=1S/C13H9N3O2S/c17-11-8(4-3-7-14-11)12(18)16-13-15-9-5-1-2-6-10(9)19-13/h1-7H,(H,14,17)(H,15,16,18). The minimum absolute atomic E-state index is 0.0711. The normalized spacial score (nSPS) is 10.5. The molecule has 19 heavy (non-hydrogen) atoms. The van der Waals surface area contributed by atoms with Crippen molar-refractivity contribution in [3.63, 3.8) is 0 Å². The molecule has 0 saturated heterocycles. The van der Waals surface area contributed by atoms with Gasteiger partial charge in [-0.15, -0.1) is 0 Å². The van der Waals surface area contributed by atoms with E-state index in [1.165, 1.54) is 23.6 Å². The molecular formula is C13H9N3O2S. The lowest BCUT2D eigenvalue weighted by Crippen LogP contribution is -2.22. The molecule has 94 valence electrons. The van der Waals surface area contributed by atoms with Crippen molar-refractivity contribution in [3.05, 3.63) is 58.5 Å². The molecule has 0 saturated carbocycles. The van der Waals surface area contributed by atoms with Gasteiger partial charge in [0.15, 0.2) is 5.13 Å². The van der Waals surface area contributed by atoms with Crippen LogP contribution < -0.4 is 10.9 Å². The number of hydrogen-bond acceptors (Lipinski definition) is 4. The third kappa shape index (κ3) is 2.25. The molecule has 0 aliphatic rings. The molecule has 2 aromatic heterocycles. The molecule has 1 amide bonds. The van der Waals surface area contributed by atoms with Crippen LogP contribution in [-0.4, -0.2) is 15.9 Å². The lowest BCUT2D eigenvalue weighted by atomic mass is 10.3. The van der Waals surface area contributed by atoms with Crippen LogP contribution in [0.1, 0.15) is 10.4 Å². The van der Waals surface area contributed by atoms with Crippen LogP contribution in [0.4, 0.5) is 5.13 Å². The molecule has 0 radical (unpaired) electrons. The van der Waals surface area contributed by atoms with Gasteiger partial charge in [-0.2, -0.15) is 0 Å². The van der Waals surface area contributed by atoms with Crippen LogP contribution in [0, 0.1) is 0 Å². The van der Waals surface area contributed by atoms with Crippen LogP contribution in [0.15, 0.2) is 47.4 Å². The highest BCUT2D eigenvalue weighted by atomic mass is 32.1. The van der Waals surface area contributed by atoms with Crippen LogP contribution in [0.25, 0.3) is 10.2 Å². The molecule has 3 aromatic rings. The van der Waals surface area contributed by atoms with Crippen molar-refractivity contribution in [3.8, 4) is 0 Å². The summed E-state index contributed by atoms with van der Waals surface area (Å²) in [5.74, 6) is -0.457. The van der Waals surface area contributed by atoms with E-state index in [0.717, 1.165) is 10.2 Å². The first-order valence-corrected chi connectivity index (χ1v) is 6.40. The van der Waals surface area contributed by atoms with Crippen LogP contribution in [-0.2, 0) is 0 Å². The average Bonchev–Trinajstić information content (AvgIpc) is 2.81. The number of carbonyl (C=O) groups is 1. The first-order valence-electron chi connectivity index (χ1n) is 5.59. The van der Waals surface area contributed by atoms with Crippen molar-refractivity contribution in [1.29, 1.82) is 0 Å². The summed E-state index contributed by atoms with van der Waals surface area (Å²) in [4.78, 5) is 30.2. The van der Waals surface area contributed by atoms with E-state index in [9.17, 15) is 9.59 Å². The Morgan fingerprint density at radius 2 is 2.05 bits per heavy atom. The van der Waals surface area contributed by atoms with Gasteiger partial charge in [0, 0.05) is 6.20 Å². The number of rotatable bonds is 2. The maximum atomic E-state index is 11.9.